The first-order chi connectivity index (χ1) is 16.5. The van der Waals surface area contributed by atoms with E-state index in [2.05, 4.69) is 15.5 Å². The Hall–Kier alpha value is -3.97. The van der Waals surface area contributed by atoms with E-state index in [1.807, 2.05) is 49.4 Å². The van der Waals surface area contributed by atoms with Gasteiger partial charge in [0.15, 0.2) is 0 Å². The van der Waals surface area contributed by atoms with Crippen LogP contribution in [0, 0.1) is 5.82 Å². The third-order valence-corrected chi connectivity index (χ3v) is 5.96. The molecule has 6 nitrogen and oxygen atoms in total. The molecule has 1 unspecified atom stereocenters. The number of rotatable bonds is 5. The molecule has 1 atom stereocenters. The first kappa shape index (κ1) is 21.9. The Morgan fingerprint density at radius 1 is 1.06 bits per heavy atom. The minimum absolute atomic E-state index is 0.253. The van der Waals surface area contributed by atoms with Crippen LogP contribution in [0.3, 0.4) is 0 Å². The topological polar surface area (TPSA) is 71.3 Å². The van der Waals surface area contributed by atoms with Crippen LogP contribution in [-0.2, 0) is 6.54 Å². The molecule has 34 heavy (non-hydrogen) atoms. The number of halogens is 2. The van der Waals surface area contributed by atoms with Gasteiger partial charge in [0.25, 0.3) is 5.89 Å². The number of carbonyl (C=O) groups excluding carboxylic acids is 1. The minimum Gasteiger partial charge on any atom is -0.334 e. The molecule has 170 valence electrons. The molecule has 0 radical (unpaired) electrons. The van der Waals surface area contributed by atoms with Crippen molar-refractivity contribution in [1.82, 2.24) is 20.4 Å². The average molecular weight is 475 g/mol. The number of hydrogen-bond acceptors (Lipinski definition) is 4. The SMILES string of the molecule is CC1=C(c2nc(-c3ccccc3)no2)C(c2cccc(Cl)c2)NC(=O)N1Cc1ccc(F)cc1. The number of aromatic nitrogens is 2. The van der Waals surface area contributed by atoms with Gasteiger partial charge in [-0.05, 0) is 42.3 Å². The zero-order valence-electron chi connectivity index (χ0n) is 18.2. The number of amides is 2. The van der Waals surface area contributed by atoms with Gasteiger partial charge in [0.05, 0.1) is 18.2 Å². The van der Waals surface area contributed by atoms with Crippen LogP contribution >= 0.6 is 11.6 Å². The van der Waals surface area contributed by atoms with Gasteiger partial charge in [-0.3, -0.25) is 4.90 Å². The quantitative estimate of drug-likeness (QED) is 0.372. The lowest BCUT2D eigenvalue weighted by molar-refractivity contribution is 0.203. The molecular formula is C26H20ClFN4O2. The maximum atomic E-state index is 13.4. The molecule has 1 aliphatic rings. The fourth-order valence-electron chi connectivity index (χ4n) is 3.99. The lowest BCUT2D eigenvalue weighted by Gasteiger charge is -2.35. The summed E-state index contributed by atoms with van der Waals surface area (Å²) in [7, 11) is 0. The van der Waals surface area contributed by atoms with Crippen molar-refractivity contribution in [2.75, 3.05) is 0 Å². The van der Waals surface area contributed by atoms with Gasteiger partial charge in [-0.2, -0.15) is 4.98 Å². The van der Waals surface area contributed by atoms with Crippen molar-refractivity contribution in [3.8, 4) is 11.4 Å². The lowest BCUT2D eigenvalue weighted by atomic mass is 9.94. The lowest BCUT2D eigenvalue weighted by Crippen LogP contribution is -2.45. The van der Waals surface area contributed by atoms with E-state index in [1.165, 1.54) is 12.1 Å². The molecule has 1 aromatic heterocycles. The summed E-state index contributed by atoms with van der Waals surface area (Å²) < 4.78 is 19.1. The van der Waals surface area contributed by atoms with Crippen LogP contribution in [0.5, 0.6) is 0 Å². The van der Waals surface area contributed by atoms with Crippen molar-refractivity contribution in [2.24, 2.45) is 0 Å². The highest BCUT2D eigenvalue weighted by Crippen LogP contribution is 2.38. The molecule has 3 aromatic carbocycles. The first-order valence-electron chi connectivity index (χ1n) is 10.7. The molecule has 2 heterocycles. The van der Waals surface area contributed by atoms with Gasteiger partial charge in [0.2, 0.25) is 5.82 Å². The van der Waals surface area contributed by atoms with Crippen LogP contribution in [0.1, 0.15) is 30.0 Å². The van der Waals surface area contributed by atoms with Crippen molar-refractivity contribution in [3.63, 3.8) is 0 Å². The minimum atomic E-state index is -0.542. The van der Waals surface area contributed by atoms with E-state index in [1.54, 1.807) is 29.2 Å². The molecule has 0 saturated heterocycles. The maximum Gasteiger partial charge on any atom is 0.322 e. The van der Waals surface area contributed by atoms with Crippen LogP contribution in [0.15, 0.2) is 89.1 Å². The van der Waals surface area contributed by atoms with Crippen LogP contribution in [0.4, 0.5) is 9.18 Å². The first-order valence-corrected chi connectivity index (χ1v) is 11.1. The van der Waals surface area contributed by atoms with E-state index < -0.39 is 6.04 Å². The number of carbonyl (C=O) groups is 1. The molecule has 0 bridgehead atoms. The summed E-state index contributed by atoms with van der Waals surface area (Å²) in [5.74, 6) is 0.410. The fourth-order valence-corrected chi connectivity index (χ4v) is 4.19. The maximum absolute atomic E-state index is 13.4. The van der Waals surface area contributed by atoms with Gasteiger partial charge in [0.1, 0.15) is 5.82 Å². The molecule has 1 N–H and O–H groups in total. The zero-order chi connectivity index (χ0) is 23.7. The van der Waals surface area contributed by atoms with Crippen molar-refractivity contribution in [1.29, 1.82) is 0 Å². The summed E-state index contributed by atoms with van der Waals surface area (Å²) in [6.07, 6.45) is 0. The Morgan fingerprint density at radius 2 is 1.82 bits per heavy atom. The summed E-state index contributed by atoms with van der Waals surface area (Å²) in [4.78, 5) is 19.4. The predicted octanol–water partition coefficient (Wildman–Crippen LogP) is 6.23. The molecule has 5 rings (SSSR count). The second kappa shape index (κ2) is 9.11. The van der Waals surface area contributed by atoms with Gasteiger partial charge in [-0.25, -0.2) is 9.18 Å². The van der Waals surface area contributed by atoms with Crippen LogP contribution in [0.2, 0.25) is 5.02 Å². The number of nitrogens with one attached hydrogen (secondary N) is 1. The van der Waals surface area contributed by atoms with Gasteiger partial charge in [0, 0.05) is 16.3 Å². The highest BCUT2D eigenvalue weighted by molar-refractivity contribution is 6.30. The second-order valence-corrected chi connectivity index (χ2v) is 8.37. The third kappa shape index (κ3) is 4.30. The number of benzene rings is 3. The zero-order valence-corrected chi connectivity index (χ0v) is 19.0. The van der Waals surface area contributed by atoms with Crippen LogP contribution in [0.25, 0.3) is 17.0 Å². The van der Waals surface area contributed by atoms with Gasteiger partial charge < -0.3 is 9.84 Å². The normalized spacial score (nSPS) is 16.0. The Kier molecular flexibility index (Phi) is 5.86. The highest BCUT2D eigenvalue weighted by Gasteiger charge is 2.35. The standard InChI is InChI=1S/C26H20ClFN4O2/c1-16-22(25-30-24(31-34-25)18-6-3-2-4-7-18)23(19-8-5-9-20(27)14-19)29-26(33)32(16)15-17-10-12-21(28)13-11-17/h2-14,23H,15H2,1H3,(H,29,33). The molecule has 1 aliphatic heterocycles. The number of hydrogen-bond donors (Lipinski definition) is 1. The molecule has 0 fully saturated rings. The Bertz CT molecular complexity index is 1370. The van der Waals surface area contributed by atoms with Crippen molar-refractivity contribution >= 4 is 23.2 Å². The third-order valence-electron chi connectivity index (χ3n) is 5.72. The fraction of sp³-hybridized carbons (Fsp3) is 0.115. The average Bonchev–Trinajstić information content (AvgIpc) is 3.33. The van der Waals surface area contributed by atoms with Crippen molar-refractivity contribution in [3.05, 3.63) is 112 Å². The molecular weight excluding hydrogens is 455 g/mol. The predicted molar refractivity (Wildman–Crippen MR) is 127 cm³/mol. The van der Waals surface area contributed by atoms with Crippen molar-refractivity contribution in [2.45, 2.75) is 19.5 Å². The van der Waals surface area contributed by atoms with E-state index in [0.29, 0.717) is 28.0 Å². The summed E-state index contributed by atoms with van der Waals surface area (Å²) in [5.41, 5.74) is 3.71. The summed E-state index contributed by atoms with van der Waals surface area (Å²) >= 11 is 6.24. The van der Waals surface area contributed by atoms with E-state index in [0.717, 1.165) is 16.7 Å². The number of allylic oxidation sites excluding steroid dienone is 1. The monoisotopic (exact) mass is 474 g/mol. The Morgan fingerprint density at radius 3 is 2.56 bits per heavy atom. The van der Waals surface area contributed by atoms with E-state index >= 15 is 0 Å². The molecule has 0 saturated carbocycles. The van der Waals surface area contributed by atoms with Gasteiger partial charge in [-0.1, -0.05) is 71.4 Å². The van der Waals surface area contributed by atoms with Crippen molar-refractivity contribution < 1.29 is 13.7 Å². The highest BCUT2D eigenvalue weighted by atomic mass is 35.5. The second-order valence-electron chi connectivity index (χ2n) is 7.94. The molecule has 8 heteroatoms. The molecule has 4 aromatic rings. The van der Waals surface area contributed by atoms with Gasteiger partial charge in [-0.15, -0.1) is 0 Å². The number of nitrogens with zero attached hydrogens (tertiary/aromatic N) is 3. The molecule has 0 aliphatic carbocycles. The van der Waals surface area contributed by atoms with Gasteiger partial charge >= 0.3 is 6.03 Å². The van der Waals surface area contributed by atoms with E-state index in [9.17, 15) is 9.18 Å². The molecule has 2 amide bonds. The van der Waals surface area contributed by atoms with E-state index in [4.69, 9.17) is 16.1 Å². The summed E-state index contributed by atoms with van der Waals surface area (Å²) in [6.45, 7) is 2.09. The van der Waals surface area contributed by atoms with Crippen LogP contribution < -0.4 is 5.32 Å². The summed E-state index contributed by atoms with van der Waals surface area (Å²) in [6, 6.07) is 22.0. The largest absolute Gasteiger partial charge is 0.334 e. The number of urea groups is 1. The smallest absolute Gasteiger partial charge is 0.322 e. The van der Waals surface area contributed by atoms with Crippen LogP contribution in [-0.4, -0.2) is 21.1 Å². The summed E-state index contributed by atoms with van der Waals surface area (Å²) in [5, 5.41) is 7.75. The Labute approximate surface area is 200 Å². The van der Waals surface area contributed by atoms with E-state index in [-0.39, 0.29) is 18.4 Å². The molecule has 0 spiro atoms. The Balaban J connectivity index is 1.60.